The Morgan fingerprint density at radius 1 is 1.50 bits per heavy atom. The predicted molar refractivity (Wildman–Crippen MR) is 71.9 cm³/mol. The van der Waals surface area contributed by atoms with Gasteiger partial charge in [-0.1, -0.05) is 0 Å². The monoisotopic (exact) mass is 277 g/mol. The number of ether oxygens (including phenoxy) is 2. The minimum Gasteiger partial charge on any atom is -0.383 e. The number of alkyl halides is 1. The fraction of sp³-hybridized carbons (Fsp3) is 0.923. The van der Waals surface area contributed by atoms with E-state index in [1.165, 1.54) is 0 Å². The molecule has 0 spiro atoms. The van der Waals surface area contributed by atoms with E-state index in [4.69, 9.17) is 21.1 Å². The molecule has 1 aliphatic rings. The van der Waals surface area contributed by atoms with Gasteiger partial charge in [-0.3, -0.25) is 4.79 Å². The summed E-state index contributed by atoms with van der Waals surface area (Å²) in [7, 11) is 1.62. The van der Waals surface area contributed by atoms with E-state index in [2.05, 4.69) is 5.32 Å². The van der Waals surface area contributed by atoms with Crippen LogP contribution in [0.5, 0.6) is 0 Å². The van der Waals surface area contributed by atoms with Crippen LogP contribution in [0.1, 0.15) is 32.6 Å². The molecule has 5 heteroatoms. The number of rotatable bonds is 9. The lowest BCUT2D eigenvalue weighted by atomic mass is 9.80. The van der Waals surface area contributed by atoms with Crippen molar-refractivity contribution in [2.24, 2.45) is 5.92 Å². The zero-order valence-electron chi connectivity index (χ0n) is 11.3. The van der Waals surface area contributed by atoms with Crippen LogP contribution in [0.2, 0.25) is 0 Å². The van der Waals surface area contributed by atoms with Crippen molar-refractivity contribution in [2.75, 3.05) is 26.9 Å². The van der Waals surface area contributed by atoms with Crippen LogP contribution in [0.15, 0.2) is 0 Å². The SMILES string of the molecule is CCOC1CC(CC(=O)NCCC(Cl)COC)C1. The van der Waals surface area contributed by atoms with Crippen molar-refractivity contribution in [3.63, 3.8) is 0 Å². The standard InChI is InChI=1S/C13H24ClNO3/c1-3-18-12-6-10(7-12)8-13(16)15-5-4-11(14)9-17-2/h10-12H,3-9H2,1-2H3,(H,15,16). The molecule has 1 N–H and O–H groups in total. The molecule has 0 aromatic heterocycles. The molecule has 1 rings (SSSR count). The van der Waals surface area contributed by atoms with E-state index >= 15 is 0 Å². The lowest BCUT2D eigenvalue weighted by Crippen LogP contribution is -2.36. The quantitative estimate of drug-likeness (QED) is 0.656. The van der Waals surface area contributed by atoms with Gasteiger partial charge in [0.15, 0.2) is 0 Å². The highest BCUT2D eigenvalue weighted by atomic mass is 35.5. The van der Waals surface area contributed by atoms with Crippen LogP contribution in [0.25, 0.3) is 0 Å². The highest BCUT2D eigenvalue weighted by Crippen LogP contribution is 2.32. The molecular formula is C13H24ClNO3. The number of hydrogen-bond donors (Lipinski definition) is 1. The molecular weight excluding hydrogens is 254 g/mol. The van der Waals surface area contributed by atoms with Gasteiger partial charge in [-0.25, -0.2) is 0 Å². The molecule has 0 aromatic rings. The zero-order chi connectivity index (χ0) is 13.4. The summed E-state index contributed by atoms with van der Waals surface area (Å²) in [5, 5.41) is 2.87. The van der Waals surface area contributed by atoms with Gasteiger partial charge in [0.25, 0.3) is 0 Å². The first-order valence-corrected chi connectivity index (χ1v) is 7.10. The molecule has 0 radical (unpaired) electrons. The van der Waals surface area contributed by atoms with Gasteiger partial charge in [0.05, 0.1) is 18.1 Å². The lowest BCUT2D eigenvalue weighted by Gasteiger charge is -2.34. The normalized spacial score (nSPS) is 24.4. The number of hydrogen-bond acceptors (Lipinski definition) is 3. The number of carbonyl (C=O) groups excluding carboxylic acids is 1. The molecule has 18 heavy (non-hydrogen) atoms. The van der Waals surface area contributed by atoms with E-state index in [1.807, 2.05) is 6.92 Å². The average molecular weight is 278 g/mol. The second-order valence-corrected chi connectivity index (χ2v) is 5.43. The third kappa shape index (κ3) is 6.03. The number of carbonyl (C=O) groups is 1. The summed E-state index contributed by atoms with van der Waals surface area (Å²) in [6, 6.07) is 0. The second kappa shape index (κ2) is 8.73. The number of amides is 1. The van der Waals surface area contributed by atoms with E-state index in [1.54, 1.807) is 7.11 Å². The molecule has 0 aromatic carbocycles. The summed E-state index contributed by atoms with van der Waals surface area (Å²) in [6.45, 7) is 3.91. The van der Waals surface area contributed by atoms with Gasteiger partial charge in [0, 0.05) is 26.7 Å². The highest BCUT2D eigenvalue weighted by Gasteiger charge is 2.30. The lowest BCUT2D eigenvalue weighted by molar-refractivity contribution is -0.124. The second-order valence-electron chi connectivity index (χ2n) is 4.81. The Bertz CT molecular complexity index is 244. The van der Waals surface area contributed by atoms with Crippen molar-refractivity contribution in [2.45, 2.75) is 44.1 Å². The van der Waals surface area contributed by atoms with E-state index < -0.39 is 0 Å². The largest absolute Gasteiger partial charge is 0.383 e. The van der Waals surface area contributed by atoms with Crippen molar-refractivity contribution in [3.05, 3.63) is 0 Å². The Morgan fingerprint density at radius 2 is 2.22 bits per heavy atom. The summed E-state index contributed by atoms with van der Waals surface area (Å²) in [5.41, 5.74) is 0. The highest BCUT2D eigenvalue weighted by molar-refractivity contribution is 6.20. The molecule has 4 nitrogen and oxygen atoms in total. The molecule has 1 fully saturated rings. The first kappa shape index (κ1) is 15.7. The van der Waals surface area contributed by atoms with Crippen molar-refractivity contribution in [1.29, 1.82) is 0 Å². The van der Waals surface area contributed by atoms with Crippen LogP contribution in [-0.4, -0.2) is 44.3 Å². The molecule has 0 saturated heterocycles. The first-order valence-electron chi connectivity index (χ1n) is 6.67. The van der Waals surface area contributed by atoms with Crippen LogP contribution in [-0.2, 0) is 14.3 Å². The maximum atomic E-state index is 11.6. The van der Waals surface area contributed by atoms with Crippen molar-refractivity contribution < 1.29 is 14.3 Å². The van der Waals surface area contributed by atoms with Gasteiger partial charge in [-0.15, -0.1) is 11.6 Å². The van der Waals surface area contributed by atoms with Gasteiger partial charge in [-0.2, -0.15) is 0 Å². The number of nitrogens with one attached hydrogen (secondary N) is 1. The van der Waals surface area contributed by atoms with Crippen LogP contribution < -0.4 is 5.32 Å². The Morgan fingerprint density at radius 3 is 2.83 bits per heavy atom. The van der Waals surface area contributed by atoms with E-state index in [9.17, 15) is 4.79 Å². The maximum absolute atomic E-state index is 11.6. The van der Waals surface area contributed by atoms with E-state index in [0.717, 1.165) is 25.9 Å². The van der Waals surface area contributed by atoms with Crippen LogP contribution in [0.4, 0.5) is 0 Å². The molecule has 1 amide bonds. The molecule has 106 valence electrons. The Labute approximate surface area is 114 Å². The summed E-state index contributed by atoms with van der Waals surface area (Å²) >= 11 is 5.97. The van der Waals surface area contributed by atoms with Crippen molar-refractivity contribution in [3.8, 4) is 0 Å². The number of methoxy groups -OCH3 is 1. The minimum absolute atomic E-state index is 0.0265. The van der Waals surface area contributed by atoms with Crippen LogP contribution in [0.3, 0.4) is 0 Å². The first-order chi connectivity index (χ1) is 8.65. The minimum atomic E-state index is -0.0265. The Balaban J connectivity index is 1.98. The van der Waals surface area contributed by atoms with Crippen LogP contribution >= 0.6 is 11.6 Å². The molecule has 0 bridgehead atoms. The van der Waals surface area contributed by atoms with Gasteiger partial charge < -0.3 is 14.8 Å². The summed E-state index contributed by atoms with van der Waals surface area (Å²) < 4.78 is 10.4. The molecule has 1 saturated carbocycles. The van der Waals surface area contributed by atoms with Gasteiger partial charge in [0.2, 0.25) is 5.91 Å². The molecule has 0 aliphatic heterocycles. The zero-order valence-corrected chi connectivity index (χ0v) is 12.0. The Kier molecular flexibility index (Phi) is 7.63. The summed E-state index contributed by atoms with van der Waals surface area (Å²) in [6.07, 6.45) is 3.77. The number of halogens is 1. The van der Waals surface area contributed by atoms with Crippen LogP contribution in [0, 0.1) is 5.92 Å². The predicted octanol–water partition coefficient (Wildman–Crippen LogP) is 1.95. The summed E-state index contributed by atoms with van der Waals surface area (Å²) in [5.74, 6) is 0.614. The molecule has 1 aliphatic carbocycles. The third-order valence-corrected chi connectivity index (χ3v) is 3.54. The smallest absolute Gasteiger partial charge is 0.220 e. The van der Waals surface area contributed by atoms with Gasteiger partial charge >= 0.3 is 0 Å². The third-order valence-electron chi connectivity index (χ3n) is 3.20. The molecule has 1 unspecified atom stereocenters. The van der Waals surface area contributed by atoms with Gasteiger partial charge in [0.1, 0.15) is 0 Å². The Hall–Kier alpha value is -0.320. The average Bonchev–Trinajstić information content (AvgIpc) is 2.26. The maximum Gasteiger partial charge on any atom is 0.220 e. The van der Waals surface area contributed by atoms with E-state index in [0.29, 0.717) is 31.6 Å². The topological polar surface area (TPSA) is 47.6 Å². The fourth-order valence-electron chi connectivity index (χ4n) is 2.18. The van der Waals surface area contributed by atoms with Crippen molar-refractivity contribution in [1.82, 2.24) is 5.32 Å². The summed E-state index contributed by atoms with van der Waals surface area (Å²) in [4.78, 5) is 11.6. The van der Waals surface area contributed by atoms with Gasteiger partial charge in [-0.05, 0) is 32.1 Å². The van der Waals surface area contributed by atoms with Crippen molar-refractivity contribution >= 4 is 17.5 Å². The molecule has 1 atom stereocenters. The fourth-order valence-corrected chi connectivity index (χ4v) is 2.41. The molecule has 0 heterocycles. The van der Waals surface area contributed by atoms with E-state index in [-0.39, 0.29) is 11.3 Å².